The zero-order valence-electron chi connectivity index (χ0n) is 14.6. The number of aliphatic imine (C=N–C) groups is 1. The Balaban J connectivity index is 1.68. The second-order valence-electron chi connectivity index (χ2n) is 6.09. The Morgan fingerprint density at radius 3 is 2.66 bits per heavy atom. The number of halogens is 1. The third kappa shape index (κ3) is 3.58. The number of thiophene rings is 1. The summed E-state index contributed by atoms with van der Waals surface area (Å²) in [5, 5.41) is 13.3. The summed E-state index contributed by atoms with van der Waals surface area (Å²) in [7, 11) is 0. The summed E-state index contributed by atoms with van der Waals surface area (Å²) in [6.45, 7) is 0. The number of fused-ring (bicyclic) bond motifs is 1. The SMILES string of the molecule is N#Cc1c(N=C[C@H]2C(=O)NC(=S)N(c3ccc(Br)cc3)C2=O)sc2ccccc12. The highest BCUT2D eigenvalue weighted by Gasteiger charge is 2.38. The molecule has 0 spiro atoms. The molecule has 9 heteroatoms. The van der Waals surface area contributed by atoms with E-state index < -0.39 is 17.7 Å². The van der Waals surface area contributed by atoms with Crippen molar-refractivity contribution in [3.05, 3.63) is 58.6 Å². The Kier molecular flexibility index (Phi) is 5.24. The molecule has 4 rings (SSSR count). The predicted molar refractivity (Wildman–Crippen MR) is 121 cm³/mol. The normalized spacial score (nSPS) is 17.0. The van der Waals surface area contributed by atoms with Crippen molar-refractivity contribution >= 4 is 83.4 Å². The summed E-state index contributed by atoms with van der Waals surface area (Å²) in [5.74, 6) is -2.19. The van der Waals surface area contributed by atoms with Crippen molar-refractivity contribution in [1.82, 2.24) is 5.32 Å². The zero-order valence-corrected chi connectivity index (χ0v) is 17.8. The highest BCUT2D eigenvalue weighted by molar-refractivity contribution is 9.10. The van der Waals surface area contributed by atoms with Crippen LogP contribution in [0.4, 0.5) is 10.7 Å². The maximum absolute atomic E-state index is 13.0. The van der Waals surface area contributed by atoms with Crippen molar-refractivity contribution in [3.63, 3.8) is 0 Å². The largest absolute Gasteiger partial charge is 0.301 e. The van der Waals surface area contributed by atoms with E-state index in [9.17, 15) is 14.9 Å². The highest BCUT2D eigenvalue weighted by Crippen LogP contribution is 2.37. The number of nitrogens with one attached hydrogen (secondary N) is 1. The van der Waals surface area contributed by atoms with Gasteiger partial charge in [-0.2, -0.15) is 5.26 Å². The summed E-state index contributed by atoms with van der Waals surface area (Å²) in [6, 6.07) is 16.6. The van der Waals surface area contributed by atoms with Crippen LogP contribution in [0, 0.1) is 17.2 Å². The molecule has 1 saturated heterocycles. The fourth-order valence-corrected chi connectivity index (χ4v) is 4.50. The van der Waals surface area contributed by atoms with Gasteiger partial charge >= 0.3 is 0 Å². The quantitative estimate of drug-likeness (QED) is 0.342. The van der Waals surface area contributed by atoms with Crippen LogP contribution in [-0.4, -0.2) is 23.1 Å². The molecule has 1 N–H and O–H groups in total. The van der Waals surface area contributed by atoms with Crippen molar-refractivity contribution in [2.75, 3.05) is 4.90 Å². The number of benzene rings is 2. The van der Waals surface area contributed by atoms with Crippen LogP contribution in [0.25, 0.3) is 10.1 Å². The maximum Gasteiger partial charge on any atom is 0.251 e. The summed E-state index contributed by atoms with van der Waals surface area (Å²) >= 11 is 9.86. The van der Waals surface area contributed by atoms with Crippen molar-refractivity contribution in [2.24, 2.45) is 10.9 Å². The number of hydrogen-bond acceptors (Lipinski definition) is 6. The Labute approximate surface area is 183 Å². The fraction of sp³-hybridized carbons (Fsp3) is 0.0500. The molecule has 0 aliphatic carbocycles. The molecular formula is C20H11BrN4O2S2. The van der Waals surface area contributed by atoms with E-state index in [1.54, 1.807) is 24.3 Å². The molecule has 2 aromatic carbocycles. The van der Waals surface area contributed by atoms with E-state index in [1.807, 2.05) is 24.3 Å². The minimum Gasteiger partial charge on any atom is -0.301 e. The van der Waals surface area contributed by atoms with Gasteiger partial charge in [0, 0.05) is 20.8 Å². The molecule has 1 aromatic heterocycles. The first-order valence-corrected chi connectivity index (χ1v) is 10.4. The first-order chi connectivity index (χ1) is 14.0. The van der Waals surface area contributed by atoms with Gasteiger partial charge in [0.25, 0.3) is 5.91 Å². The van der Waals surface area contributed by atoms with Crippen LogP contribution in [0.15, 0.2) is 58.0 Å². The van der Waals surface area contributed by atoms with Gasteiger partial charge in [-0.3, -0.25) is 14.5 Å². The molecule has 6 nitrogen and oxygen atoms in total. The molecule has 2 heterocycles. The van der Waals surface area contributed by atoms with Gasteiger partial charge in [0.15, 0.2) is 11.0 Å². The first-order valence-electron chi connectivity index (χ1n) is 8.40. The second-order valence-corrected chi connectivity index (χ2v) is 8.42. The standard InChI is InChI=1S/C20H11BrN4O2S2/c21-11-5-7-12(8-6-11)25-19(27)15(17(26)24-20(25)28)10-23-18-14(9-22)13-3-1-2-4-16(13)29-18/h1-8,10,15H,(H,24,26,28)/t15-/m0/s1. The maximum atomic E-state index is 13.0. The Hall–Kier alpha value is -2.93. The zero-order chi connectivity index (χ0) is 20.5. The van der Waals surface area contributed by atoms with Gasteiger partial charge in [0.1, 0.15) is 11.1 Å². The highest BCUT2D eigenvalue weighted by atomic mass is 79.9. The van der Waals surface area contributed by atoms with Gasteiger partial charge in [-0.25, -0.2) is 4.99 Å². The number of nitrogens with zero attached hydrogens (tertiary/aromatic N) is 3. The number of amides is 2. The third-order valence-electron chi connectivity index (χ3n) is 4.32. The van der Waals surface area contributed by atoms with Crippen LogP contribution >= 0.6 is 39.5 Å². The lowest BCUT2D eigenvalue weighted by Crippen LogP contribution is -2.58. The minimum atomic E-state index is -1.15. The Morgan fingerprint density at radius 1 is 1.21 bits per heavy atom. The Morgan fingerprint density at radius 2 is 1.93 bits per heavy atom. The molecule has 142 valence electrons. The smallest absolute Gasteiger partial charge is 0.251 e. The van der Waals surface area contributed by atoms with Gasteiger partial charge in [-0.05, 0) is 42.5 Å². The summed E-state index contributed by atoms with van der Waals surface area (Å²) in [6.07, 6.45) is 1.27. The topological polar surface area (TPSA) is 85.6 Å². The van der Waals surface area contributed by atoms with Gasteiger partial charge in [0.05, 0.1) is 11.3 Å². The van der Waals surface area contributed by atoms with Crippen molar-refractivity contribution < 1.29 is 9.59 Å². The third-order valence-corrected chi connectivity index (χ3v) is 6.21. The van der Waals surface area contributed by atoms with E-state index in [0.29, 0.717) is 16.3 Å². The number of hydrogen-bond donors (Lipinski definition) is 1. The van der Waals surface area contributed by atoms with Gasteiger partial charge in [-0.1, -0.05) is 34.1 Å². The van der Waals surface area contributed by atoms with Crippen molar-refractivity contribution in [1.29, 1.82) is 5.26 Å². The number of anilines is 1. The second kappa shape index (κ2) is 7.83. The van der Waals surface area contributed by atoms with Crippen LogP contribution in [0.1, 0.15) is 5.56 Å². The van der Waals surface area contributed by atoms with Crippen LogP contribution in [0.2, 0.25) is 0 Å². The van der Waals surface area contributed by atoms with Crippen LogP contribution in [0.5, 0.6) is 0 Å². The summed E-state index contributed by atoms with van der Waals surface area (Å²) in [5.41, 5.74) is 0.965. The molecule has 0 bridgehead atoms. The molecule has 1 aliphatic heterocycles. The van der Waals surface area contributed by atoms with Crippen LogP contribution < -0.4 is 10.2 Å². The molecule has 1 fully saturated rings. The van der Waals surface area contributed by atoms with Gasteiger partial charge in [-0.15, -0.1) is 11.3 Å². The molecule has 0 saturated carbocycles. The van der Waals surface area contributed by atoms with Gasteiger partial charge in [0.2, 0.25) is 5.91 Å². The summed E-state index contributed by atoms with van der Waals surface area (Å²) < 4.78 is 1.76. The number of carbonyl (C=O) groups excluding carboxylic acids is 2. The Bertz CT molecular complexity index is 1230. The van der Waals surface area contributed by atoms with E-state index in [-0.39, 0.29) is 5.11 Å². The van der Waals surface area contributed by atoms with Crippen molar-refractivity contribution in [2.45, 2.75) is 0 Å². The molecule has 1 atom stereocenters. The molecule has 1 aliphatic rings. The molecular weight excluding hydrogens is 472 g/mol. The fourth-order valence-electron chi connectivity index (χ4n) is 2.93. The van der Waals surface area contributed by atoms with E-state index in [1.165, 1.54) is 22.5 Å². The predicted octanol–water partition coefficient (Wildman–Crippen LogP) is 4.30. The number of rotatable bonds is 3. The number of carbonyl (C=O) groups is 2. The lowest BCUT2D eigenvalue weighted by atomic mass is 10.1. The average molecular weight is 483 g/mol. The average Bonchev–Trinajstić information content (AvgIpc) is 3.06. The van der Waals surface area contributed by atoms with E-state index in [4.69, 9.17) is 12.2 Å². The van der Waals surface area contributed by atoms with E-state index >= 15 is 0 Å². The lowest BCUT2D eigenvalue weighted by molar-refractivity contribution is -0.130. The van der Waals surface area contributed by atoms with E-state index in [0.717, 1.165) is 14.6 Å². The molecule has 2 amide bonds. The van der Waals surface area contributed by atoms with Crippen molar-refractivity contribution in [3.8, 4) is 6.07 Å². The molecule has 29 heavy (non-hydrogen) atoms. The van der Waals surface area contributed by atoms with Crippen LogP contribution in [-0.2, 0) is 9.59 Å². The number of thiocarbonyl (C=S) groups is 1. The molecule has 0 radical (unpaired) electrons. The van der Waals surface area contributed by atoms with Crippen LogP contribution in [0.3, 0.4) is 0 Å². The summed E-state index contributed by atoms with van der Waals surface area (Å²) in [4.78, 5) is 31.0. The minimum absolute atomic E-state index is 0.0200. The van der Waals surface area contributed by atoms with E-state index in [2.05, 4.69) is 32.3 Å². The molecule has 0 unspecified atom stereocenters. The first kappa shape index (κ1) is 19.4. The number of nitriles is 1. The lowest BCUT2D eigenvalue weighted by Gasteiger charge is -2.30. The van der Waals surface area contributed by atoms with Gasteiger partial charge < -0.3 is 5.32 Å². The molecule has 3 aromatic rings. The monoisotopic (exact) mass is 482 g/mol.